The van der Waals surface area contributed by atoms with Crippen LogP contribution < -0.4 is 10.4 Å². The van der Waals surface area contributed by atoms with Crippen LogP contribution >= 0.6 is 0 Å². The van der Waals surface area contributed by atoms with Crippen molar-refractivity contribution >= 4 is 17.6 Å². The number of hydrogen-bond donors (Lipinski definition) is 1. The second-order valence-electron chi connectivity index (χ2n) is 4.71. The molecule has 21 heavy (non-hydrogen) atoms. The summed E-state index contributed by atoms with van der Waals surface area (Å²) in [5.74, 6) is -2.87. The van der Waals surface area contributed by atoms with Crippen molar-refractivity contribution in [2.75, 3.05) is 31.5 Å². The zero-order valence-corrected chi connectivity index (χ0v) is 13.4. The SMILES string of the molecule is CC[N+](CC)(CC)CC.O=C([O-])C(=O)Nc1ccccc1. The number of hydrogen-bond acceptors (Lipinski definition) is 3. The molecule has 0 fully saturated rings. The summed E-state index contributed by atoms with van der Waals surface area (Å²) in [6.07, 6.45) is 0. The molecule has 5 nitrogen and oxygen atoms in total. The highest BCUT2D eigenvalue weighted by molar-refractivity contribution is 6.35. The van der Waals surface area contributed by atoms with Crippen LogP contribution in [-0.4, -0.2) is 42.5 Å². The normalized spacial score (nSPS) is 10.3. The van der Waals surface area contributed by atoms with Gasteiger partial charge in [0.05, 0.1) is 26.2 Å². The Bertz CT molecular complexity index is 411. The number of carbonyl (C=O) groups excluding carboxylic acids is 2. The smallest absolute Gasteiger partial charge is 0.271 e. The van der Waals surface area contributed by atoms with Gasteiger partial charge >= 0.3 is 0 Å². The van der Waals surface area contributed by atoms with Gasteiger partial charge in [-0.2, -0.15) is 0 Å². The van der Waals surface area contributed by atoms with Gasteiger partial charge in [0.15, 0.2) is 0 Å². The fourth-order valence-corrected chi connectivity index (χ4v) is 2.05. The van der Waals surface area contributed by atoms with Gasteiger partial charge in [-0.3, -0.25) is 4.79 Å². The lowest BCUT2D eigenvalue weighted by molar-refractivity contribution is -0.921. The summed E-state index contributed by atoms with van der Waals surface area (Å²) < 4.78 is 1.28. The highest BCUT2D eigenvalue weighted by Gasteiger charge is 2.16. The van der Waals surface area contributed by atoms with Gasteiger partial charge in [-0.05, 0) is 39.8 Å². The Labute approximate surface area is 127 Å². The third-order valence-corrected chi connectivity index (χ3v) is 3.90. The van der Waals surface area contributed by atoms with Crippen molar-refractivity contribution in [1.82, 2.24) is 0 Å². The number of aliphatic carboxylic acids is 1. The summed E-state index contributed by atoms with van der Waals surface area (Å²) in [7, 11) is 0. The van der Waals surface area contributed by atoms with Gasteiger partial charge in [-0.1, -0.05) is 18.2 Å². The van der Waals surface area contributed by atoms with E-state index in [4.69, 9.17) is 0 Å². The molecule has 1 rings (SSSR count). The molecule has 0 saturated carbocycles. The fraction of sp³-hybridized carbons (Fsp3) is 0.500. The van der Waals surface area contributed by atoms with Gasteiger partial charge in [0, 0.05) is 5.69 Å². The number of quaternary nitrogens is 1. The second-order valence-corrected chi connectivity index (χ2v) is 4.71. The number of para-hydroxylation sites is 1. The predicted molar refractivity (Wildman–Crippen MR) is 82.5 cm³/mol. The standard InChI is InChI=1S/C8H7NO3.C8H20N/c10-7(8(11)12)9-6-4-2-1-3-5-6;1-5-9(6-2,7-3)8-4/h1-5H,(H,9,10)(H,11,12);5-8H2,1-4H3/q;+1/p-1. The Morgan fingerprint density at radius 1 is 0.952 bits per heavy atom. The van der Waals surface area contributed by atoms with Crippen LogP contribution in [0.2, 0.25) is 0 Å². The minimum absolute atomic E-state index is 0.437. The molecule has 5 heteroatoms. The number of nitrogens with one attached hydrogen (secondary N) is 1. The Morgan fingerprint density at radius 2 is 1.38 bits per heavy atom. The summed E-state index contributed by atoms with van der Waals surface area (Å²) in [5.41, 5.74) is 0.437. The summed E-state index contributed by atoms with van der Waals surface area (Å²) in [4.78, 5) is 20.5. The molecule has 0 bridgehead atoms. The largest absolute Gasteiger partial charge is 0.540 e. The molecule has 0 heterocycles. The van der Waals surface area contributed by atoms with Gasteiger partial charge in [0.1, 0.15) is 5.97 Å². The molecule has 1 N–H and O–H groups in total. The Kier molecular flexibility index (Phi) is 9.05. The van der Waals surface area contributed by atoms with Crippen LogP contribution in [0.3, 0.4) is 0 Å². The predicted octanol–water partition coefficient (Wildman–Crippen LogP) is 1.26. The number of anilines is 1. The highest BCUT2D eigenvalue weighted by atomic mass is 16.4. The van der Waals surface area contributed by atoms with Crippen molar-refractivity contribution in [3.63, 3.8) is 0 Å². The third-order valence-electron chi connectivity index (χ3n) is 3.90. The second kappa shape index (κ2) is 9.94. The fourth-order valence-electron chi connectivity index (χ4n) is 2.05. The van der Waals surface area contributed by atoms with Gasteiger partial charge in [-0.25, -0.2) is 0 Å². The van der Waals surface area contributed by atoms with Crippen molar-refractivity contribution in [2.45, 2.75) is 27.7 Å². The molecule has 1 amide bonds. The van der Waals surface area contributed by atoms with Crippen LogP contribution in [0.25, 0.3) is 0 Å². The first-order chi connectivity index (χ1) is 9.94. The summed E-state index contributed by atoms with van der Waals surface area (Å²) >= 11 is 0. The minimum Gasteiger partial charge on any atom is -0.540 e. The minimum atomic E-state index is -1.74. The topological polar surface area (TPSA) is 69.2 Å². The van der Waals surface area contributed by atoms with Crippen LogP contribution in [0.5, 0.6) is 0 Å². The molecule has 0 saturated heterocycles. The average Bonchev–Trinajstić information content (AvgIpc) is 2.52. The van der Waals surface area contributed by atoms with Gasteiger partial charge in [0.25, 0.3) is 5.91 Å². The maximum Gasteiger partial charge on any atom is 0.271 e. The molecule has 0 aliphatic carbocycles. The Hall–Kier alpha value is -1.88. The molecule has 0 aliphatic rings. The van der Waals surface area contributed by atoms with Crippen LogP contribution in [0.4, 0.5) is 5.69 Å². The quantitative estimate of drug-likeness (QED) is 0.656. The van der Waals surface area contributed by atoms with Gasteiger partial charge in [0.2, 0.25) is 0 Å². The number of carbonyl (C=O) groups is 2. The first-order valence-electron chi connectivity index (χ1n) is 7.37. The molecule has 0 atom stereocenters. The zero-order valence-electron chi connectivity index (χ0n) is 13.4. The highest BCUT2D eigenvalue weighted by Crippen LogP contribution is 2.04. The maximum absolute atomic E-state index is 10.5. The monoisotopic (exact) mass is 294 g/mol. The third kappa shape index (κ3) is 6.90. The van der Waals surface area contributed by atoms with Crippen LogP contribution in [0.15, 0.2) is 30.3 Å². The molecule has 0 radical (unpaired) electrons. The number of amides is 1. The van der Waals surface area contributed by atoms with Crippen LogP contribution in [0.1, 0.15) is 27.7 Å². The summed E-state index contributed by atoms with van der Waals surface area (Å²) in [6.45, 7) is 14.2. The van der Waals surface area contributed by atoms with Gasteiger partial charge < -0.3 is 19.7 Å². The summed E-state index contributed by atoms with van der Waals surface area (Å²) in [6, 6.07) is 8.30. The molecular formula is C16H26N2O3. The van der Waals surface area contributed by atoms with Crippen molar-refractivity contribution in [1.29, 1.82) is 0 Å². The van der Waals surface area contributed by atoms with E-state index in [-0.39, 0.29) is 0 Å². The number of carboxylic acid groups (broad SMARTS) is 1. The van der Waals surface area contributed by atoms with Gasteiger partial charge in [-0.15, -0.1) is 0 Å². The van der Waals surface area contributed by atoms with Crippen molar-refractivity contribution in [2.24, 2.45) is 0 Å². The van der Waals surface area contributed by atoms with E-state index in [0.29, 0.717) is 5.69 Å². The maximum atomic E-state index is 10.5. The van der Waals surface area contributed by atoms with E-state index in [9.17, 15) is 14.7 Å². The van der Waals surface area contributed by atoms with E-state index in [1.807, 2.05) is 0 Å². The molecule has 0 aliphatic heterocycles. The average molecular weight is 294 g/mol. The molecule has 0 unspecified atom stereocenters. The van der Waals surface area contributed by atoms with Crippen molar-refractivity contribution < 1.29 is 19.2 Å². The van der Waals surface area contributed by atoms with E-state index < -0.39 is 11.9 Å². The molecule has 1 aromatic carbocycles. The van der Waals surface area contributed by atoms with E-state index in [0.717, 1.165) is 0 Å². The lowest BCUT2D eigenvalue weighted by atomic mass is 10.3. The van der Waals surface area contributed by atoms with Crippen molar-refractivity contribution in [3.05, 3.63) is 30.3 Å². The first kappa shape index (κ1) is 19.1. The van der Waals surface area contributed by atoms with Crippen molar-refractivity contribution in [3.8, 4) is 0 Å². The number of nitrogens with zero attached hydrogens (tertiary/aromatic N) is 1. The van der Waals surface area contributed by atoms with E-state index >= 15 is 0 Å². The molecule has 1 aromatic rings. The van der Waals surface area contributed by atoms with Crippen LogP contribution in [0, 0.1) is 0 Å². The van der Waals surface area contributed by atoms with E-state index in [1.54, 1.807) is 30.3 Å². The summed E-state index contributed by atoms with van der Waals surface area (Å²) in [5, 5.41) is 12.1. The molecule has 0 aromatic heterocycles. The zero-order chi connectivity index (χ0) is 16.3. The van der Waals surface area contributed by atoms with E-state index in [1.165, 1.54) is 30.7 Å². The molecular weight excluding hydrogens is 268 g/mol. The molecule has 118 valence electrons. The van der Waals surface area contributed by atoms with E-state index in [2.05, 4.69) is 33.0 Å². The Morgan fingerprint density at radius 3 is 1.67 bits per heavy atom. The first-order valence-corrected chi connectivity index (χ1v) is 7.37. The van der Waals surface area contributed by atoms with Crippen LogP contribution in [-0.2, 0) is 9.59 Å². The molecule has 0 spiro atoms. The lowest BCUT2D eigenvalue weighted by Gasteiger charge is -2.34. The number of rotatable bonds is 5. The number of carboxylic acids is 1. The Balaban J connectivity index is 0.000000400. The number of benzene rings is 1. The lowest BCUT2D eigenvalue weighted by Crippen LogP contribution is -2.47.